The second kappa shape index (κ2) is 5.32. The van der Waals surface area contributed by atoms with E-state index < -0.39 is 15.8 Å². The molecule has 1 atom stereocenters. The van der Waals surface area contributed by atoms with E-state index in [2.05, 4.69) is 9.68 Å². The molecule has 0 aliphatic carbocycles. The van der Waals surface area contributed by atoms with Crippen molar-refractivity contribution in [2.24, 2.45) is 4.36 Å². The van der Waals surface area contributed by atoms with Crippen LogP contribution in [-0.2, 0) is 9.73 Å². The number of anilines is 1. The molecule has 2 rings (SSSR count). The van der Waals surface area contributed by atoms with Crippen LogP contribution in [0.1, 0.15) is 0 Å². The number of hydrogen-bond donors (Lipinski definition) is 1. The molecular formula is C12H12N2O2S2. The summed E-state index contributed by atoms with van der Waals surface area (Å²) in [4.78, 5) is 12.2. The Balaban J connectivity index is 2.19. The smallest absolute Gasteiger partial charge is 0.306 e. The van der Waals surface area contributed by atoms with Crippen LogP contribution in [-0.4, -0.2) is 16.5 Å². The molecule has 1 aromatic carbocycles. The second-order valence-electron chi connectivity index (χ2n) is 3.65. The molecule has 0 radical (unpaired) electrons. The fraction of sp³-hybridized carbons (Fsp3) is 0.0833. The molecule has 0 saturated heterocycles. The first kappa shape index (κ1) is 12.8. The quantitative estimate of drug-likeness (QED) is 0.916. The number of nitrogens with zero attached hydrogens (tertiary/aromatic N) is 1. The van der Waals surface area contributed by atoms with E-state index in [1.807, 2.05) is 11.4 Å². The normalized spacial score (nSPS) is 13.6. The van der Waals surface area contributed by atoms with Crippen LogP contribution in [0.5, 0.6) is 0 Å². The highest BCUT2D eigenvalue weighted by Gasteiger charge is 2.09. The van der Waals surface area contributed by atoms with Gasteiger partial charge in [0.15, 0.2) is 0 Å². The Kier molecular flexibility index (Phi) is 3.78. The first-order chi connectivity index (χ1) is 8.58. The van der Waals surface area contributed by atoms with Crippen LogP contribution in [0.4, 0.5) is 10.5 Å². The molecule has 0 bridgehead atoms. The van der Waals surface area contributed by atoms with Gasteiger partial charge < -0.3 is 5.32 Å². The van der Waals surface area contributed by atoms with Gasteiger partial charge in [-0.05, 0) is 23.6 Å². The Hall–Kier alpha value is -1.66. The zero-order valence-corrected chi connectivity index (χ0v) is 11.3. The lowest BCUT2D eigenvalue weighted by atomic mass is 10.3. The lowest BCUT2D eigenvalue weighted by Crippen LogP contribution is -2.09. The molecular weight excluding hydrogens is 268 g/mol. The lowest BCUT2D eigenvalue weighted by molar-refractivity contribution is 0.260. The van der Waals surface area contributed by atoms with Crippen molar-refractivity contribution in [3.63, 3.8) is 0 Å². The van der Waals surface area contributed by atoms with Gasteiger partial charge in [-0.15, -0.1) is 4.36 Å². The highest BCUT2D eigenvalue weighted by Crippen LogP contribution is 2.15. The Labute approximate surface area is 110 Å². The van der Waals surface area contributed by atoms with Gasteiger partial charge in [0.2, 0.25) is 0 Å². The van der Waals surface area contributed by atoms with Crippen LogP contribution in [0.3, 0.4) is 0 Å². The summed E-state index contributed by atoms with van der Waals surface area (Å²) in [7, 11) is -2.66. The first-order valence-electron chi connectivity index (χ1n) is 5.18. The number of carbonyl (C=O) groups is 1. The molecule has 1 aromatic heterocycles. The monoisotopic (exact) mass is 280 g/mol. The van der Waals surface area contributed by atoms with Crippen LogP contribution in [0.2, 0.25) is 0 Å². The van der Waals surface area contributed by atoms with Crippen molar-refractivity contribution < 1.29 is 9.00 Å². The minimum absolute atomic E-state index is 0.579. The number of benzene rings is 1. The molecule has 0 saturated carbocycles. The van der Waals surface area contributed by atoms with Gasteiger partial charge >= 0.3 is 6.03 Å². The predicted molar refractivity (Wildman–Crippen MR) is 74.5 cm³/mol. The van der Waals surface area contributed by atoms with Crippen molar-refractivity contribution in [2.75, 3.05) is 11.6 Å². The maximum atomic E-state index is 12.2. The summed E-state index contributed by atoms with van der Waals surface area (Å²) in [6.45, 7) is 0. The number of urea groups is 1. The highest BCUT2D eigenvalue weighted by atomic mass is 32.2. The van der Waals surface area contributed by atoms with E-state index in [0.29, 0.717) is 10.6 Å². The lowest BCUT2D eigenvalue weighted by Gasteiger charge is -2.03. The number of hydrogen-bond acceptors (Lipinski definition) is 3. The van der Waals surface area contributed by atoms with Gasteiger partial charge in [0.05, 0.1) is 14.6 Å². The number of para-hydroxylation sites is 1. The van der Waals surface area contributed by atoms with Crippen LogP contribution in [0, 0.1) is 0 Å². The van der Waals surface area contributed by atoms with Crippen molar-refractivity contribution in [3.8, 4) is 0 Å². The SMILES string of the molecule is C[S@@](=O)(=NC(=O)Nc1ccccc1)c1ccsc1. The third kappa shape index (κ3) is 3.18. The molecule has 18 heavy (non-hydrogen) atoms. The number of rotatable bonds is 2. The molecule has 94 valence electrons. The minimum Gasteiger partial charge on any atom is -0.306 e. The van der Waals surface area contributed by atoms with Gasteiger partial charge in [-0.2, -0.15) is 11.3 Å². The second-order valence-corrected chi connectivity index (χ2v) is 6.69. The van der Waals surface area contributed by atoms with Crippen molar-refractivity contribution in [2.45, 2.75) is 4.90 Å². The zero-order chi connectivity index (χ0) is 13.0. The molecule has 0 aliphatic rings. The zero-order valence-electron chi connectivity index (χ0n) is 9.70. The highest BCUT2D eigenvalue weighted by molar-refractivity contribution is 7.93. The van der Waals surface area contributed by atoms with E-state index >= 15 is 0 Å². The van der Waals surface area contributed by atoms with Gasteiger partial charge in [0, 0.05) is 17.3 Å². The van der Waals surface area contributed by atoms with Gasteiger partial charge in [-0.1, -0.05) is 18.2 Å². The predicted octanol–water partition coefficient (Wildman–Crippen LogP) is 3.44. The largest absolute Gasteiger partial charge is 0.353 e. The van der Waals surface area contributed by atoms with Gasteiger partial charge in [0.25, 0.3) is 0 Å². The number of carbonyl (C=O) groups excluding carboxylic acids is 1. The van der Waals surface area contributed by atoms with Crippen molar-refractivity contribution >= 4 is 32.8 Å². The van der Waals surface area contributed by atoms with Crippen LogP contribution in [0.25, 0.3) is 0 Å². The van der Waals surface area contributed by atoms with E-state index in [9.17, 15) is 9.00 Å². The van der Waals surface area contributed by atoms with Gasteiger partial charge in [-0.3, -0.25) is 0 Å². The maximum absolute atomic E-state index is 12.2. The summed E-state index contributed by atoms with van der Waals surface area (Å²) in [6, 6.07) is 10.1. The molecule has 0 spiro atoms. The fourth-order valence-electron chi connectivity index (χ4n) is 1.35. The molecule has 0 aliphatic heterocycles. The number of thiophene rings is 1. The third-order valence-corrected chi connectivity index (χ3v) is 4.69. The first-order valence-corrected chi connectivity index (χ1v) is 8.05. The minimum atomic E-state index is -2.66. The van der Waals surface area contributed by atoms with E-state index in [1.54, 1.807) is 35.7 Å². The van der Waals surface area contributed by atoms with Crippen molar-refractivity contribution in [3.05, 3.63) is 47.2 Å². The fourth-order valence-corrected chi connectivity index (χ4v) is 3.62. The summed E-state index contributed by atoms with van der Waals surface area (Å²) >= 11 is 1.43. The number of amides is 2. The van der Waals surface area contributed by atoms with E-state index in [0.717, 1.165) is 0 Å². The molecule has 1 heterocycles. The average Bonchev–Trinajstić information content (AvgIpc) is 2.83. The van der Waals surface area contributed by atoms with Crippen molar-refractivity contribution in [1.82, 2.24) is 0 Å². The van der Waals surface area contributed by atoms with Crippen molar-refractivity contribution in [1.29, 1.82) is 0 Å². The number of nitrogens with one attached hydrogen (secondary N) is 1. The summed E-state index contributed by atoms with van der Waals surface area (Å²) < 4.78 is 16.0. The average molecular weight is 280 g/mol. The molecule has 0 unspecified atom stereocenters. The molecule has 2 amide bonds. The Bertz CT molecular complexity index is 642. The van der Waals surface area contributed by atoms with Gasteiger partial charge in [0.1, 0.15) is 0 Å². The standard InChI is InChI=1S/C12H12N2O2S2/c1-18(16,11-7-8-17-9-11)14-12(15)13-10-5-3-2-4-6-10/h2-9H,1H3,(H,13,15)/t18-/m0/s1. The molecule has 1 N–H and O–H groups in total. The molecule has 6 heteroatoms. The third-order valence-electron chi connectivity index (χ3n) is 2.21. The van der Waals surface area contributed by atoms with Crippen LogP contribution >= 0.6 is 11.3 Å². The Morgan fingerprint density at radius 2 is 2.00 bits per heavy atom. The molecule has 4 nitrogen and oxygen atoms in total. The van der Waals surface area contributed by atoms with Crippen LogP contribution in [0.15, 0.2) is 56.4 Å². The summed E-state index contributed by atoms with van der Waals surface area (Å²) in [5.74, 6) is 0. The summed E-state index contributed by atoms with van der Waals surface area (Å²) in [5, 5.41) is 6.12. The molecule has 2 aromatic rings. The van der Waals surface area contributed by atoms with E-state index in [4.69, 9.17) is 0 Å². The summed E-state index contributed by atoms with van der Waals surface area (Å²) in [6.07, 6.45) is 1.46. The van der Waals surface area contributed by atoms with E-state index in [-0.39, 0.29) is 0 Å². The van der Waals surface area contributed by atoms with Crippen LogP contribution < -0.4 is 5.32 Å². The maximum Gasteiger partial charge on any atom is 0.353 e. The molecule has 0 fully saturated rings. The summed E-state index contributed by atoms with van der Waals surface area (Å²) in [5.41, 5.74) is 0.631. The van der Waals surface area contributed by atoms with Gasteiger partial charge in [-0.25, -0.2) is 9.00 Å². The Morgan fingerprint density at radius 1 is 1.28 bits per heavy atom. The Morgan fingerprint density at radius 3 is 2.61 bits per heavy atom. The topological polar surface area (TPSA) is 58.5 Å². The van der Waals surface area contributed by atoms with E-state index in [1.165, 1.54) is 17.6 Å².